The molecule has 226 valence electrons. The van der Waals surface area contributed by atoms with Crippen LogP contribution in [-0.4, -0.2) is 0 Å². The number of para-hydroxylation sites is 1. The highest BCUT2D eigenvalue weighted by molar-refractivity contribution is 6.22. The fraction of sp³-hybridized carbons (Fsp3) is 0.0638. The van der Waals surface area contributed by atoms with E-state index in [4.69, 9.17) is 9.90 Å². The predicted molar refractivity (Wildman–Crippen MR) is 203 cm³/mol. The van der Waals surface area contributed by atoms with Gasteiger partial charge >= 0.3 is 0 Å². The van der Waals surface area contributed by atoms with Crippen molar-refractivity contribution in [3.05, 3.63) is 169 Å². The summed E-state index contributed by atoms with van der Waals surface area (Å²) in [7, 11) is 0. The zero-order valence-electron chi connectivity index (χ0n) is 34.3. The van der Waals surface area contributed by atoms with Gasteiger partial charge in [0.05, 0.1) is 11.0 Å². The second-order valence-corrected chi connectivity index (χ2v) is 13.1. The Morgan fingerprint density at radius 2 is 0.979 bits per heavy atom. The number of fused-ring (bicyclic) bond motifs is 8. The zero-order valence-corrected chi connectivity index (χ0v) is 26.3. The van der Waals surface area contributed by atoms with Crippen LogP contribution in [0.4, 0.5) is 0 Å². The van der Waals surface area contributed by atoms with E-state index in [-0.39, 0.29) is 51.1 Å². The van der Waals surface area contributed by atoms with Gasteiger partial charge in [-0.05, 0) is 101 Å². The van der Waals surface area contributed by atoms with Crippen molar-refractivity contribution in [3.8, 4) is 44.5 Å². The lowest BCUT2D eigenvalue weighted by atomic mass is 9.81. The number of hydrogen-bond donors (Lipinski definition) is 0. The molecule has 1 aromatic heterocycles. The van der Waals surface area contributed by atoms with Crippen LogP contribution in [0.3, 0.4) is 0 Å². The summed E-state index contributed by atoms with van der Waals surface area (Å²) in [6.07, 6.45) is 0. The topological polar surface area (TPSA) is 13.1 Å². The van der Waals surface area contributed by atoms with Crippen molar-refractivity contribution in [2.75, 3.05) is 0 Å². The number of rotatable bonds is 3. The van der Waals surface area contributed by atoms with Crippen molar-refractivity contribution in [1.82, 2.24) is 0 Å². The Bertz CT molecular complexity index is 3110. The van der Waals surface area contributed by atoms with Gasteiger partial charge in [0, 0.05) is 16.2 Å². The maximum Gasteiger partial charge on any atom is 0.135 e. The van der Waals surface area contributed by atoms with Gasteiger partial charge in [-0.25, -0.2) is 0 Å². The minimum atomic E-state index is -0.429. The summed E-state index contributed by atoms with van der Waals surface area (Å²) in [5.74, 6) is 0. The average Bonchev–Trinajstić information content (AvgIpc) is 3.70. The second-order valence-electron chi connectivity index (χ2n) is 13.1. The van der Waals surface area contributed by atoms with Gasteiger partial charge in [-0.1, -0.05) is 147 Å². The van der Waals surface area contributed by atoms with Gasteiger partial charge in [0.1, 0.15) is 11.2 Å². The van der Waals surface area contributed by atoms with Crippen molar-refractivity contribution < 1.29 is 15.4 Å². The first-order valence-corrected chi connectivity index (χ1v) is 16.1. The molecule has 1 heterocycles. The van der Waals surface area contributed by atoms with Crippen molar-refractivity contribution in [2.45, 2.75) is 19.3 Å². The molecule has 0 fully saturated rings. The number of hydrogen-bond acceptors (Lipinski definition) is 1. The average molecular weight is 621 g/mol. The van der Waals surface area contributed by atoms with Gasteiger partial charge in [-0.15, -0.1) is 0 Å². The SMILES string of the molecule is [2H]c1c([2H])c([2H])c2c(-c3ccc4oc5ccccc5c4c3)c3c([2H])c([2H])c([2H])c([2H])c3c(-c3ccc(-c4ccc5c(c4)C(C)(C)c4ccccc4-5)cc3)c2c1[2H]. The maximum absolute atomic E-state index is 9.33. The fourth-order valence-corrected chi connectivity index (χ4v) is 7.80. The van der Waals surface area contributed by atoms with E-state index in [1.165, 1.54) is 22.3 Å². The molecule has 10 rings (SSSR count). The van der Waals surface area contributed by atoms with Crippen LogP contribution in [0.15, 0.2) is 162 Å². The Hall–Kier alpha value is -5.92. The first-order valence-electron chi connectivity index (χ1n) is 20.1. The summed E-state index contributed by atoms with van der Waals surface area (Å²) >= 11 is 0. The zero-order chi connectivity index (χ0) is 38.9. The molecule has 1 aliphatic carbocycles. The largest absolute Gasteiger partial charge is 0.456 e. The molecule has 9 aromatic rings. The number of benzene rings is 8. The van der Waals surface area contributed by atoms with E-state index in [9.17, 15) is 5.48 Å². The lowest BCUT2D eigenvalue weighted by molar-refractivity contribution is 0.660. The summed E-state index contributed by atoms with van der Waals surface area (Å²) in [5, 5.41) is 2.37. The Morgan fingerprint density at radius 3 is 1.71 bits per heavy atom. The Morgan fingerprint density at radius 1 is 0.438 bits per heavy atom. The standard InChI is InChI=1S/C47H32O/c1-47(2)41-17-9-7-11-33(41)34-25-23-31(28-42(34)47)29-19-21-30(22-20-29)45-36-13-3-5-15-38(36)46(39-16-6-4-14-37(39)45)32-24-26-44-40(27-32)35-12-8-10-18-43(35)48-44/h3-28H,1-2H3/i3D,4D,5D,6D,13D,14D,15D,16D. The lowest BCUT2D eigenvalue weighted by Crippen LogP contribution is -2.14. The molecule has 8 aromatic carbocycles. The molecular formula is C47H32O. The van der Waals surface area contributed by atoms with Crippen LogP contribution in [0.2, 0.25) is 0 Å². The molecule has 1 aliphatic rings. The van der Waals surface area contributed by atoms with Crippen LogP contribution in [-0.2, 0) is 5.41 Å². The fourth-order valence-electron chi connectivity index (χ4n) is 7.80. The molecule has 0 amide bonds. The molecule has 0 aliphatic heterocycles. The van der Waals surface area contributed by atoms with Gasteiger partial charge in [0.25, 0.3) is 0 Å². The summed E-state index contributed by atoms with van der Waals surface area (Å²) in [6.45, 7) is 4.48. The van der Waals surface area contributed by atoms with Crippen LogP contribution in [0, 0.1) is 0 Å². The monoisotopic (exact) mass is 620 g/mol. The van der Waals surface area contributed by atoms with Crippen molar-refractivity contribution >= 4 is 43.5 Å². The van der Waals surface area contributed by atoms with E-state index in [0.29, 0.717) is 33.4 Å². The third kappa shape index (κ3) is 3.85. The third-order valence-electron chi connectivity index (χ3n) is 10.1. The van der Waals surface area contributed by atoms with Crippen LogP contribution >= 0.6 is 0 Å². The summed E-state index contributed by atoms with van der Waals surface area (Å²) in [5.41, 5.74) is 9.82. The van der Waals surface area contributed by atoms with Crippen molar-refractivity contribution in [2.24, 2.45) is 0 Å². The maximum atomic E-state index is 9.33. The molecule has 0 unspecified atom stereocenters. The van der Waals surface area contributed by atoms with E-state index < -0.39 is 24.2 Å². The Labute approximate surface area is 291 Å². The first-order chi connectivity index (χ1) is 26.9. The van der Waals surface area contributed by atoms with E-state index in [1.54, 1.807) is 12.1 Å². The molecular weight excluding hydrogens is 581 g/mol. The normalized spacial score (nSPS) is 15.7. The highest BCUT2D eigenvalue weighted by Crippen LogP contribution is 2.50. The number of furan rings is 1. The Kier molecular flexibility index (Phi) is 4.25. The molecule has 1 heteroatoms. The molecule has 0 saturated carbocycles. The quantitative estimate of drug-likeness (QED) is 0.179. The van der Waals surface area contributed by atoms with E-state index in [2.05, 4.69) is 56.3 Å². The molecule has 48 heavy (non-hydrogen) atoms. The molecule has 0 N–H and O–H groups in total. The van der Waals surface area contributed by atoms with Gasteiger partial charge in [0.2, 0.25) is 0 Å². The highest BCUT2D eigenvalue weighted by atomic mass is 16.3. The minimum Gasteiger partial charge on any atom is -0.456 e. The van der Waals surface area contributed by atoms with Crippen molar-refractivity contribution in [3.63, 3.8) is 0 Å². The minimum absolute atomic E-state index is 0.178. The van der Waals surface area contributed by atoms with Gasteiger partial charge in [-0.2, -0.15) is 0 Å². The second kappa shape index (κ2) is 10.0. The molecule has 0 atom stereocenters. The summed E-state index contributed by atoms with van der Waals surface area (Å²) in [6, 6.07) is 32.9. The van der Waals surface area contributed by atoms with E-state index >= 15 is 0 Å². The lowest BCUT2D eigenvalue weighted by Gasteiger charge is -2.22. The van der Waals surface area contributed by atoms with Crippen LogP contribution < -0.4 is 0 Å². The molecule has 0 bridgehead atoms. The van der Waals surface area contributed by atoms with E-state index in [0.717, 1.165) is 21.9 Å². The third-order valence-corrected chi connectivity index (χ3v) is 10.1. The smallest absolute Gasteiger partial charge is 0.135 e. The van der Waals surface area contributed by atoms with Crippen LogP contribution in [0.5, 0.6) is 0 Å². The molecule has 0 radical (unpaired) electrons. The molecule has 1 nitrogen and oxygen atoms in total. The molecule has 0 saturated heterocycles. The first kappa shape index (κ1) is 20.3. The van der Waals surface area contributed by atoms with Gasteiger partial charge < -0.3 is 4.42 Å². The van der Waals surface area contributed by atoms with E-state index in [1.807, 2.05) is 54.6 Å². The predicted octanol–water partition coefficient (Wildman–Crippen LogP) is 13.2. The molecule has 0 spiro atoms. The van der Waals surface area contributed by atoms with Crippen molar-refractivity contribution in [1.29, 1.82) is 0 Å². The van der Waals surface area contributed by atoms with Crippen LogP contribution in [0.1, 0.15) is 35.9 Å². The summed E-state index contributed by atoms with van der Waals surface area (Å²) in [4.78, 5) is 0. The van der Waals surface area contributed by atoms with Gasteiger partial charge in [-0.3, -0.25) is 0 Å². The Balaban J connectivity index is 1.26. The van der Waals surface area contributed by atoms with Gasteiger partial charge in [0.15, 0.2) is 0 Å². The highest BCUT2D eigenvalue weighted by Gasteiger charge is 2.35. The summed E-state index contributed by atoms with van der Waals surface area (Å²) < 4.78 is 78.5. The van der Waals surface area contributed by atoms with Crippen LogP contribution in [0.25, 0.3) is 88.0 Å².